The molecule has 15 heteroatoms. The van der Waals surface area contributed by atoms with Crippen LogP contribution in [0, 0.1) is 0 Å². The number of imide groups is 1. The SMILES string of the molecule is O=C(O)CCOCCOCCOCCOCCOCCOCCOCCOCCN1C(=O)C(Br)=C(Br)C1=O. The van der Waals surface area contributed by atoms with Crippen LogP contribution in [-0.4, -0.2) is 140 Å². The van der Waals surface area contributed by atoms with Crippen molar-refractivity contribution in [2.75, 3.05) is 112 Å². The van der Waals surface area contributed by atoms with Gasteiger partial charge in [-0.25, -0.2) is 0 Å². The molecule has 0 bridgehead atoms. The van der Waals surface area contributed by atoms with E-state index in [1.165, 1.54) is 0 Å². The Morgan fingerprint density at radius 2 is 0.789 bits per heavy atom. The summed E-state index contributed by atoms with van der Waals surface area (Å²) in [6, 6.07) is 0. The molecule has 0 unspecified atom stereocenters. The summed E-state index contributed by atoms with van der Waals surface area (Å²) in [5.41, 5.74) is 0. The fraction of sp³-hybridized carbons (Fsp3) is 0.783. The summed E-state index contributed by atoms with van der Waals surface area (Å²) in [6.45, 7) is 6.55. The van der Waals surface area contributed by atoms with Crippen molar-refractivity contribution in [3.63, 3.8) is 0 Å². The molecule has 1 rings (SSSR count). The van der Waals surface area contributed by atoms with Gasteiger partial charge in [0.25, 0.3) is 11.8 Å². The Hall–Kier alpha value is -1.01. The van der Waals surface area contributed by atoms with Gasteiger partial charge in [0.05, 0.1) is 119 Å². The lowest BCUT2D eigenvalue weighted by Gasteiger charge is -2.14. The molecule has 1 aliphatic rings. The topological polar surface area (TPSA) is 149 Å². The summed E-state index contributed by atoms with van der Waals surface area (Å²) >= 11 is 6.15. The molecule has 0 fully saturated rings. The standard InChI is InChI=1S/C23H37Br2NO12/c24-20-21(25)23(30)26(22(20)29)2-4-32-6-8-34-10-12-36-14-16-38-18-17-37-15-13-35-11-9-33-7-5-31-3-1-19(27)28/h1-18H2,(H,27,28). The summed E-state index contributed by atoms with van der Waals surface area (Å²) in [4.78, 5) is 35.1. The fourth-order valence-electron chi connectivity index (χ4n) is 2.68. The Morgan fingerprint density at radius 1 is 0.526 bits per heavy atom. The van der Waals surface area contributed by atoms with E-state index in [9.17, 15) is 14.4 Å². The van der Waals surface area contributed by atoms with Gasteiger partial charge in [0, 0.05) is 0 Å². The number of ether oxygens (including phenoxy) is 8. The van der Waals surface area contributed by atoms with Crippen LogP contribution in [0.1, 0.15) is 6.42 Å². The molecular weight excluding hydrogens is 642 g/mol. The van der Waals surface area contributed by atoms with Crippen molar-refractivity contribution in [1.82, 2.24) is 4.90 Å². The monoisotopic (exact) mass is 677 g/mol. The van der Waals surface area contributed by atoms with E-state index in [1.807, 2.05) is 0 Å². The number of hydrogen-bond donors (Lipinski definition) is 1. The molecule has 0 aromatic rings. The summed E-state index contributed by atoms with van der Waals surface area (Å²) in [7, 11) is 0. The van der Waals surface area contributed by atoms with E-state index in [4.69, 9.17) is 43.0 Å². The van der Waals surface area contributed by atoms with E-state index in [0.29, 0.717) is 92.5 Å². The molecule has 1 heterocycles. The zero-order valence-electron chi connectivity index (χ0n) is 21.4. The normalized spacial score (nSPS) is 13.8. The third-order valence-electron chi connectivity index (χ3n) is 4.58. The van der Waals surface area contributed by atoms with Crippen molar-refractivity contribution in [2.24, 2.45) is 0 Å². The highest BCUT2D eigenvalue weighted by Crippen LogP contribution is 2.28. The van der Waals surface area contributed by atoms with Gasteiger partial charge >= 0.3 is 5.97 Å². The summed E-state index contributed by atoms with van der Waals surface area (Å²) in [5.74, 6) is -1.64. The number of rotatable bonds is 27. The van der Waals surface area contributed by atoms with Crippen molar-refractivity contribution in [3.8, 4) is 0 Å². The van der Waals surface area contributed by atoms with Crippen molar-refractivity contribution < 1.29 is 57.4 Å². The second-order valence-electron chi connectivity index (χ2n) is 7.43. The lowest BCUT2D eigenvalue weighted by atomic mass is 10.5. The van der Waals surface area contributed by atoms with Crippen LogP contribution >= 0.6 is 31.9 Å². The number of hydrogen-bond acceptors (Lipinski definition) is 11. The van der Waals surface area contributed by atoms with Crippen LogP contribution in [0.3, 0.4) is 0 Å². The van der Waals surface area contributed by atoms with Crippen molar-refractivity contribution in [2.45, 2.75) is 6.42 Å². The lowest BCUT2D eigenvalue weighted by Crippen LogP contribution is -2.34. The van der Waals surface area contributed by atoms with Gasteiger partial charge in [-0.3, -0.25) is 19.3 Å². The van der Waals surface area contributed by atoms with Gasteiger partial charge in [0.2, 0.25) is 0 Å². The van der Waals surface area contributed by atoms with Crippen LogP contribution < -0.4 is 0 Å². The van der Waals surface area contributed by atoms with Gasteiger partial charge in [0.1, 0.15) is 8.96 Å². The highest BCUT2D eigenvalue weighted by molar-refractivity contribution is 9.14. The summed E-state index contributed by atoms with van der Waals surface area (Å²) < 4.78 is 43.2. The number of halogens is 2. The van der Waals surface area contributed by atoms with E-state index >= 15 is 0 Å². The van der Waals surface area contributed by atoms with Crippen LogP contribution in [0.4, 0.5) is 0 Å². The molecule has 1 N–H and O–H groups in total. The predicted octanol–water partition coefficient (Wildman–Crippen LogP) is 0.964. The van der Waals surface area contributed by atoms with Crippen LogP contribution in [0.15, 0.2) is 8.96 Å². The maximum Gasteiger partial charge on any atom is 0.305 e. The van der Waals surface area contributed by atoms with Gasteiger partial charge in [0.15, 0.2) is 0 Å². The molecule has 220 valence electrons. The number of nitrogens with zero attached hydrogens (tertiary/aromatic N) is 1. The molecule has 0 spiro atoms. The molecular formula is C23H37Br2NO12. The second kappa shape index (κ2) is 23.8. The molecule has 38 heavy (non-hydrogen) atoms. The minimum Gasteiger partial charge on any atom is -0.481 e. The quantitative estimate of drug-likeness (QED) is 0.0975. The molecule has 2 amide bonds. The first-order valence-electron chi connectivity index (χ1n) is 12.2. The van der Waals surface area contributed by atoms with E-state index in [2.05, 4.69) is 31.9 Å². The molecule has 13 nitrogen and oxygen atoms in total. The Balaban J connectivity index is 1.70. The van der Waals surface area contributed by atoms with E-state index in [-0.39, 0.29) is 47.0 Å². The van der Waals surface area contributed by atoms with Crippen LogP contribution in [-0.2, 0) is 52.3 Å². The maximum atomic E-state index is 11.8. The van der Waals surface area contributed by atoms with Gasteiger partial charge < -0.3 is 43.0 Å². The predicted molar refractivity (Wildman–Crippen MR) is 140 cm³/mol. The van der Waals surface area contributed by atoms with Gasteiger partial charge in [-0.05, 0) is 31.9 Å². The molecule has 0 saturated carbocycles. The maximum absolute atomic E-state index is 11.8. The molecule has 0 aromatic carbocycles. The van der Waals surface area contributed by atoms with E-state index in [0.717, 1.165) is 4.90 Å². The largest absolute Gasteiger partial charge is 0.481 e. The van der Waals surface area contributed by atoms with E-state index < -0.39 is 5.97 Å². The highest BCUT2D eigenvalue weighted by Gasteiger charge is 2.35. The Kier molecular flexibility index (Phi) is 22.0. The number of carbonyl (C=O) groups excluding carboxylic acids is 2. The minimum atomic E-state index is -0.881. The smallest absolute Gasteiger partial charge is 0.305 e. The van der Waals surface area contributed by atoms with E-state index in [1.54, 1.807) is 0 Å². The first-order valence-corrected chi connectivity index (χ1v) is 13.8. The molecule has 0 radical (unpaired) electrons. The van der Waals surface area contributed by atoms with Gasteiger partial charge in [-0.15, -0.1) is 0 Å². The van der Waals surface area contributed by atoms with Crippen molar-refractivity contribution in [1.29, 1.82) is 0 Å². The molecule has 0 atom stereocenters. The molecule has 0 saturated heterocycles. The highest BCUT2D eigenvalue weighted by atomic mass is 79.9. The number of aliphatic carboxylic acids is 1. The average molecular weight is 679 g/mol. The zero-order chi connectivity index (χ0) is 27.8. The van der Waals surface area contributed by atoms with Crippen LogP contribution in [0.25, 0.3) is 0 Å². The van der Waals surface area contributed by atoms with Crippen molar-refractivity contribution >= 4 is 49.6 Å². The number of carboxylic acids is 1. The average Bonchev–Trinajstić information content (AvgIpc) is 3.08. The molecule has 1 aliphatic heterocycles. The third kappa shape index (κ3) is 17.6. The van der Waals surface area contributed by atoms with Gasteiger partial charge in [-0.1, -0.05) is 0 Å². The zero-order valence-corrected chi connectivity index (χ0v) is 24.5. The Labute approximate surface area is 239 Å². The van der Waals surface area contributed by atoms with Crippen LogP contribution in [0.2, 0.25) is 0 Å². The summed E-state index contributed by atoms with van der Waals surface area (Å²) in [5, 5.41) is 8.46. The third-order valence-corrected chi connectivity index (χ3v) is 6.59. The molecule has 0 aromatic heterocycles. The fourth-order valence-corrected chi connectivity index (χ4v) is 3.44. The van der Waals surface area contributed by atoms with Crippen molar-refractivity contribution in [3.05, 3.63) is 8.96 Å². The number of carboxylic acid groups (broad SMARTS) is 1. The lowest BCUT2D eigenvalue weighted by molar-refractivity contribution is -0.139. The number of carbonyl (C=O) groups is 3. The van der Waals surface area contributed by atoms with Gasteiger partial charge in [-0.2, -0.15) is 0 Å². The minimum absolute atomic E-state index is 0.00957. The summed E-state index contributed by atoms with van der Waals surface area (Å²) in [6.07, 6.45) is -0.00957. The Morgan fingerprint density at radius 3 is 1.08 bits per heavy atom. The van der Waals surface area contributed by atoms with Crippen LogP contribution in [0.5, 0.6) is 0 Å². The molecule has 0 aliphatic carbocycles. The Bertz CT molecular complexity index is 686. The number of amides is 2. The first kappa shape index (κ1) is 35.0. The first-order chi connectivity index (χ1) is 18.4. The second-order valence-corrected chi connectivity index (χ2v) is 9.02.